The molecule has 0 amide bonds. The summed E-state index contributed by atoms with van der Waals surface area (Å²) in [6.45, 7) is 10.2. The van der Waals surface area contributed by atoms with Crippen LogP contribution in [0.5, 0.6) is 0 Å². The highest BCUT2D eigenvalue weighted by Gasteiger charge is 2.25. The van der Waals surface area contributed by atoms with Crippen LogP contribution in [-0.2, 0) is 19.1 Å². The summed E-state index contributed by atoms with van der Waals surface area (Å²) in [5, 5.41) is 3.05. The molecule has 0 aromatic rings. The van der Waals surface area contributed by atoms with Crippen LogP contribution in [0.25, 0.3) is 0 Å². The van der Waals surface area contributed by atoms with E-state index < -0.39 is 23.6 Å². The maximum Gasteiger partial charge on any atom is 0.323 e. The Balaban J connectivity index is 4.39. The summed E-state index contributed by atoms with van der Waals surface area (Å²) in [5.41, 5.74) is -0.542. The predicted molar refractivity (Wildman–Crippen MR) is 73.8 cm³/mol. The van der Waals surface area contributed by atoms with Gasteiger partial charge in [-0.25, -0.2) is 0 Å². The Hall–Kier alpha value is -1.10. The van der Waals surface area contributed by atoms with E-state index in [2.05, 4.69) is 12.2 Å². The standard InChI is InChI=1S/C14H27NO4/c1-6-8-9-15-11(13(17)18-7-2)10-12(16)19-14(3,4)5/h11,15H,6-10H2,1-5H3. The zero-order valence-corrected chi connectivity index (χ0v) is 12.7. The second-order valence-electron chi connectivity index (χ2n) is 5.40. The minimum absolute atomic E-state index is 0.000181. The van der Waals surface area contributed by atoms with Gasteiger partial charge in [0.2, 0.25) is 0 Å². The molecule has 0 rings (SSSR count). The molecule has 0 aliphatic heterocycles. The van der Waals surface area contributed by atoms with Crippen molar-refractivity contribution in [2.24, 2.45) is 0 Å². The summed E-state index contributed by atoms with van der Waals surface area (Å²) in [7, 11) is 0. The third kappa shape index (κ3) is 9.47. The highest BCUT2D eigenvalue weighted by atomic mass is 16.6. The van der Waals surface area contributed by atoms with Crippen molar-refractivity contribution in [2.75, 3.05) is 13.2 Å². The lowest BCUT2D eigenvalue weighted by Crippen LogP contribution is -2.41. The van der Waals surface area contributed by atoms with Crippen LogP contribution in [0.3, 0.4) is 0 Å². The lowest BCUT2D eigenvalue weighted by atomic mass is 10.1. The van der Waals surface area contributed by atoms with Gasteiger partial charge in [-0.2, -0.15) is 0 Å². The molecule has 0 spiro atoms. The van der Waals surface area contributed by atoms with Crippen LogP contribution >= 0.6 is 0 Å². The molecule has 1 atom stereocenters. The Morgan fingerprint density at radius 1 is 1.21 bits per heavy atom. The fraction of sp³-hybridized carbons (Fsp3) is 0.857. The van der Waals surface area contributed by atoms with Crippen LogP contribution in [0, 0.1) is 0 Å². The summed E-state index contributed by atoms with van der Waals surface area (Å²) in [5.74, 6) is -0.793. The number of hydrogen-bond acceptors (Lipinski definition) is 5. The molecular formula is C14H27NO4. The van der Waals surface area contributed by atoms with Crippen molar-refractivity contribution < 1.29 is 19.1 Å². The van der Waals surface area contributed by atoms with Gasteiger partial charge in [-0.1, -0.05) is 13.3 Å². The number of nitrogens with one attached hydrogen (secondary N) is 1. The Bertz CT molecular complexity index is 284. The molecule has 0 aliphatic carbocycles. The third-order valence-electron chi connectivity index (χ3n) is 2.28. The number of esters is 2. The van der Waals surface area contributed by atoms with Crippen LogP contribution < -0.4 is 5.32 Å². The molecule has 112 valence electrons. The summed E-state index contributed by atoms with van der Waals surface area (Å²) < 4.78 is 10.2. The third-order valence-corrected chi connectivity index (χ3v) is 2.28. The summed E-state index contributed by atoms with van der Waals surface area (Å²) >= 11 is 0. The Kier molecular flexibility index (Phi) is 8.39. The molecule has 1 unspecified atom stereocenters. The Labute approximate surface area is 116 Å². The first kappa shape index (κ1) is 17.9. The molecule has 5 nitrogen and oxygen atoms in total. The van der Waals surface area contributed by atoms with Gasteiger partial charge in [-0.3, -0.25) is 9.59 Å². The molecule has 19 heavy (non-hydrogen) atoms. The number of unbranched alkanes of at least 4 members (excludes halogenated alkanes) is 1. The topological polar surface area (TPSA) is 64.6 Å². The fourth-order valence-electron chi connectivity index (χ4n) is 1.48. The zero-order valence-electron chi connectivity index (χ0n) is 12.7. The molecule has 0 bridgehead atoms. The largest absolute Gasteiger partial charge is 0.465 e. The molecule has 0 heterocycles. The molecular weight excluding hydrogens is 246 g/mol. The highest BCUT2D eigenvalue weighted by Crippen LogP contribution is 2.10. The zero-order chi connectivity index (χ0) is 14.9. The molecule has 5 heteroatoms. The maximum atomic E-state index is 11.7. The van der Waals surface area contributed by atoms with Crippen molar-refractivity contribution in [1.29, 1.82) is 0 Å². The molecule has 0 aromatic carbocycles. The van der Waals surface area contributed by atoms with Gasteiger partial charge in [-0.05, 0) is 40.7 Å². The van der Waals surface area contributed by atoms with Gasteiger partial charge in [0.05, 0.1) is 13.0 Å². The molecule has 1 N–H and O–H groups in total. The molecule has 0 fully saturated rings. The number of rotatable bonds is 8. The molecule has 0 aliphatic rings. The van der Waals surface area contributed by atoms with E-state index in [4.69, 9.17) is 9.47 Å². The summed E-state index contributed by atoms with van der Waals surface area (Å²) in [4.78, 5) is 23.5. The maximum absolute atomic E-state index is 11.7. The van der Waals surface area contributed by atoms with Gasteiger partial charge in [-0.15, -0.1) is 0 Å². The number of hydrogen-bond donors (Lipinski definition) is 1. The van der Waals surface area contributed by atoms with Crippen molar-refractivity contribution in [1.82, 2.24) is 5.32 Å². The summed E-state index contributed by atoms with van der Waals surface area (Å²) in [6.07, 6.45) is 1.97. The van der Waals surface area contributed by atoms with Gasteiger partial charge < -0.3 is 14.8 Å². The molecule has 0 radical (unpaired) electrons. The monoisotopic (exact) mass is 273 g/mol. The van der Waals surface area contributed by atoms with E-state index in [1.165, 1.54) is 0 Å². The minimum Gasteiger partial charge on any atom is -0.465 e. The number of carbonyl (C=O) groups is 2. The van der Waals surface area contributed by atoms with Gasteiger partial charge in [0.1, 0.15) is 11.6 Å². The van der Waals surface area contributed by atoms with Gasteiger partial charge in [0, 0.05) is 0 Å². The van der Waals surface area contributed by atoms with E-state index in [0.29, 0.717) is 13.2 Å². The van der Waals surface area contributed by atoms with E-state index in [9.17, 15) is 9.59 Å². The normalized spacial score (nSPS) is 12.9. The van der Waals surface area contributed by atoms with Crippen LogP contribution in [0.1, 0.15) is 53.9 Å². The minimum atomic E-state index is -0.624. The first-order valence-electron chi connectivity index (χ1n) is 6.92. The SMILES string of the molecule is CCCCNC(CC(=O)OC(C)(C)C)C(=O)OCC. The van der Waals surface area contributed by atoms with Crippen molar-refractivity contribution in [3.05, 3.63) is 0 Å². The predicted octanol–water partition coefficient (Wildman–Crippen LogP) is 2.04. The van der Waals surface area contributed by atoms with Crippen molar-refractivity contribution in [2.45, 2.75) is 65.5 Å². The van der Waals surface area contributed by atoms with Crippen LogP contribution in [0.2, 0.25) is 0 Å². The van der Waals surface area contributed by atoms with Gasteiger partial charge in [0.25, 0.3) is 0 Å². The highest BCUT2D eigenvalue weighted by molar-refractivity contribution is 5.82. The lowest BCUT2D eigenvalue weighted by Gasteiger charge is -2.22. The second kappa shape index (κ2) is 8.91. The number of ether oxygens (including phenoxy) is 2. The van der Waals surface area contributed by atoms with Crippen molar-refractivity contribution in [3.8, 4) is 0 Å². The molecule has 0 saturated carbocycles. The summed E-state index contributed by atoms with van der Waals surface area (Å²) in [6, 6.07) is -0.624. The molecule has 0 saturated heterocycles. The van der Waals surface area contributed by atoms with E-state index in [1.54, 1.807) is 27.7 Å². The van der Waals surface area contributed by atoms with E-state index >= 15 is 0 Å². The van der Waals surface area contributed by atoms with E-state index in [0.717, 1.165) is 12.8 Å². The average Bonchev–Trinajstić information content (AvgIpc) is 2.25. The second-order valence-corrected chi connectivity index (χ2v) is 5.40. The Morgan fingerprint density at radius 3 is 2.32 bits per heavy atom. The van der Waals surface area contributed by atoms with Gasteiger partial charge in [0.15, 0.2) is 0 Å². The lowest BCUT2D eigenvalue weighted by molar-refractivity contribution is -0.159. The van der Waals surface area contributed by atoms with Crippen molar-refractivity contribution >= 4 is 11.9 Å². The smallest absolute Gasteiger partial charge is 0.323 e. The fourth-order valence-corrected chi connectivity index (χ4v) is 1.48. The van der Waals surface area contributed by atoms with Gasteiger partial charge >= 0.3 is 11.9 Å². The van der Waals surface area contributed by atoms with Crippen LogP contribution in [0.15, 0.2) is 0 Å². The van der Waals surface area contributed by atoms with Crippen LogP contribution in [-0.4, -0.2) is 36.7 Å². The van der Waals surface area contributed by atoms with E-state index in [1.807, 2.05) is 0 Å². The Morgan fingerprint density at radius 2 is 1.84 bits per heavy atom. The van der Waals surface area contributed by atoms with E-state index in [-0.39, 0.29) is 6.42 Å². The molecule has 0 aromatic heterocycles. The first-order valence-corrected chi connectivity index (χ1v) is 6.92. The van der Waals surface area contributed by atoms with Crippen molar-refractivity contribution in [3.63, 3.8) is 0 Å². The quantitative estimate of drug-likeness (QED) is 0.541. The number of carbonyl (C=O) groups excluding carboxylic acids is 2. The average molecular weight is 273 g/mol. The van der Waals surface area contributed by atoms with Crippen LogP contribution in [0.4, 0.5) is 0 Å². The first-order chi connectivity index (χ1) is 8.80.